The first-order valence-electron chi connectivity index (χ1n) is 7.02. The molecule has 2 aromatic rings. The van der Waals surface area contributed by atoms with Crippen molar-refractivity contribution in [3.05, 3.63) is 62.4 Å². The molecule has 0 heterocycles. The van der Waals surface area contributed by atoms with E-state index in [1.165, 1.54) is 18.2 Å². The van der Waals surface area contributed by atoms with E-state index in [1.54, 1.807) is 19.9 Å². The third-order valence-electron chi connectivity index (χ3n) is 3.38. The van der Waals surface area contributed by atoms with E-state index in [0.29, 0.717) is 16.3 Å². The van der Waals surface area contributed by atoms with Gasteiger partial charge in [-0.25, -0.2) is 4.39 Å². The molecular formula is C16H15ClFN3O3. The van der Waals surface area contributed by atoms with Crippen LogP contribution in [0.1, 0.15) is 11.1 Å². The maximum atomic E-state index is 13.6. The molecule has 0 aliphatic rings. The van der Waals surface area contributed by atoms with Gasteiger partial charge in [-0.3, -0.25) is 14.9 Å². The summed E-state index contributed by atoms with van der Waals surface area (Å²) in [5.41, 5.74) is 1.70. The van der Waals surface area contributed by atoms with Crippen LogP contribution in [0.3, 0.4) is 0 Å². The molecule has 0 saturated heterocycles. The molecule has 0 fully saturated rings. The maximum Gasteiger partial charge on any atom is 0.274 e. The molecule has 0 aromatic heterocycles. The molecular weight excluding hydrogens is 337 g/mol. The van der Waals surface area contributed by atoms with Gasteiger partial charge in [-0.15, -0.1) is 0 Å². The van der Waals surface area contributed by atoms with E-state index >= 15 is 0 Å². The summed E-state index contributed by atoms with van der Waals surface area (Å²) in [5, 5.41) is 16.5. The number of carbonyl (C=O) groups is 1. The normalized spacial score (nSPS) is 10.3. The summed E-state index contributed by atoms with van der Waals surface area (Å²) in [4.78, 5) is 22.4. The van der Waals surface area contributed by atoms with Gasteiger partial charge in [0, 0.05) is 22.3 Å². The van der Waals surface area contributed by atoms with E-state index in [2.05, 4.69) is 10.6 Å². The Hall–Kier alpha value is -2.67. The Labute approximate surface area is 142 Å². The van der Waals surface area contributed by atoms with E-state index in [9.17, 15) is 19.3 Å². The van der Waals surface area contributed by atoms with E-state index in [1.807, 2.05) is 0 Å². The number of nitrogens with zero attached hydrogens (tertiary/aromatic N) is 1. The molecule has 0 saturated carbocycles. The molecule has 2 aromatic carbocycles. The van der Waals surface area contributed by atoms with Gasteiger partial charge in [0.05, 0.1) is 17.2 Å². The average Bonchev–Trinajstić information content (AvgIpc) is 2.49. The minimum atomic E-state index is -0.602. The number of nitro groups is 1. The average molecular weight is 352 g/mol. The molecule has 0 radical (unpaired) electrons. The van der Waals surface area contributed by atoms with Gasteiger partial charge >= 0.3 is 0 Å². The SMILES string of the molecule is Cc1cc(C)c([N+](=O)[O-])cc1NCC(=O)Nc1cc(Cl)ccc1F. The fourth-order valence-electron chi connectivity index (χ4n) is 2.19. The van der Waals surface area contributed by atoms with Crippen molar-refractivity contribution in [2.24, 2.45) is 0 Å². The molecule has 0 bridgehead atoms. The summed E-state index contributed by atoms with van der Waals surface area (Å²) in [6.45, 7) is 3.24. The quantitative estimate of drug-likeness (QED) is 0.628. The minimum absolute atomic E-state index is 0.0269. The zero-order valence-electron chi connectivity index (χ0n) is 13.0. The van der Waals surface area contributed by atoms with Crippen molar-refractivity contribution in [1.82, 2.24) is 0 Å². The third-order valence-corrected chi connectivity index (χ3v) is 3.62. The highest BCUT2D eigenvalue weighted by atomic mass is 35.5. The van der Waals surface area contributed by atoms with Gasteiger partial charge in [0.2, 0.25) is 5.91 Å². The smallest absolute Gasteiger partial charge is 0.274 e. The zero-order chi connectivity index (χ0) is 17.9. The minimum Gasteiger partial charge on any atom is -0.376 e. The number of rotatable bonds is 5. The number of carbonyl (C=O) groups excluding carboxylic acids is 1. The third kappa shape index (κ3) is 4.20. The van der Waals surface area contributed by atoms with Crippen molar-refractivity contribution in [2.75, 3.05) is 17.2 Å². The molecule has 0 unspecified atom stereocenters. The second-order valence-corrected chi connectivity index (χ2v) is 5.67. The predicted molar refractivity (Wildman–Crippen MR) is 91.1 cm³/mol. The topological polar surface area (TPSA) is 84.3 Å². The maximum absolute atomic E-state index is 13.6. The van der Waals surface area contributed by atoms with Crippen molar-refractivity contribution < 1.29 is 14.1 Å². The lowest BCUT2D eigenvalue weighted by atomic mass is 10.1. The van der Waals surface area contributed by atoms with Crippen LogP contribution in [0.2, 0.25) is 5.02 Å². The van der Waals surface area contributed by atoms with Crippen molar-refractivity contribution in [3.8, 4) is 0 Å². The van der Waals surface area contributed by atoms with Crippen LogP contribution in [0.15, 0.2) is 30.3 Å². The number of nitro benzene ring substituents is 1. The number of anilines is 2. The standard InChI is InChI=1S/C16H15ClFN3O3/c1-9-5-10(2)15(21(23)24)7-13(9)19-8-16(22)20-14-6-11(17)3-4-12(14)18/h3-7,19H,8H2,1-2H3,(H,20,22). The largest absolute Gasteiger partial charge is 0.376 e. The molecule has 24 heavy (non-hydrogen) atoms. The Bertz CT molecular complexity index is 811. The highest BCUT2D eigenvalue weighted by Gasteiger charge is 2.14. The van der Waals surface area contributed by atoms with Crippen LogP contribution in [0.5, 0.6) is 0 Å². The zero-order valence-corrected chi connectivity index (χ0v) is 13.8. The highest BCUT2D eigenvalue weighted by Crippen LogP contribution is 2.26. The van der Waals surface area contributed by atoms with E-state index in [4.69, 9.17) is 11.6 Å². The molecule has 0 aliphatic carbocycles. The molecule has 0 spiro atoms. The van der Waals surface area contributed by atoms with Gasteiger partial charge < -0.3 is 10.6 Å². The Balaban J connectivity index is 2.08. The van der Waals surface area contributed by atoms with Crippen LogP contribution in [0, 0.1) is 29.8 Å². The summed E-state index contributed by atoms with van der Waals surface area (Å²) in [5.74, 6) is -1.10. The van der Waals surface area contributed by atoms with Crippen molar-refractivity contribution in [2.45, 2.75) is 13.8 Å². The van der Waals surface area contributed by atoms with Gasteiger partial charge in [-0.2, -0.15) is 0 Å². The molecule has 0 aliphatic heterocycles. The lowest BCUT2D eigenvalue weighted by Crippen LogP contribution is -2.22. The molecule has 8 heteroatoms. The van der Waals surface area contributed by atoms with Crippen molar-refractivity contribution in [3.63, 3.8) is 0 Å². The van der Waals surface area contributed by atoms with Crippen LogP contribution in [0.25, 0.3) is 0 Å². The van der Waals surface area contributed by atoms with Crippen LogP contribution in [-0.4, -0.2) is 17.4 Å². The summed E-state index contributed by atoms with van der Waals surface area (Å²) in [6.07, 6.45) is 0. The first kappa shape index (κ1) is 17.7. The summed E-state index contributed by atoms with van der Waals surface area (Å²) in [7, 11) is 0. The first-order valence-corrected chi connectivity index (χ1v) is 7.40. The first-order chi connectivity index (χ1) is 11.3. The monoisotopic (exact) mass is 351 g/mol. The second-order valence-electron chi connectivity index (χ2n) is 5.24. The van der Waals surface area contributed by atoms with Gasteiger partial charge in [-0.05, 0) is 43.7 Å². The van der Waals surface area contributed by atoms with E-state index < -0.39 is 16.6 Å². The lowest BCUT2D eigenvalue weighted by Gasteiger charge is -2.11. The number of halogens is 2. The molecule has 126 valence electrons. The molecule has 6 nitrogen and oxygen atoms in total. The molecule has 2 N–H and O–H groups in total. The molecule has 2 rings (SSSR count). The number of aryl methyl sites for hydroxylation is 2. The van der Waals surface area contributed by atoms with E-state index in [0.717, 1.165) is 11.6 Å². The number of hydrogen-bond acceptors (Lipinski definition) is 4. The Kier molecular flexibility index (Phi) is 5.35. The summed E-state index contributed by atoms with van der Waals surface area (Å²) in [6, 6.07) is 6.86. The fourth-order valence-corrected chi connectivity index (χ4v) is 2.36. The lowest BCUT2D eigenvalue weighted by molar-refractivity contribution is -0.385. The van der Waals surface area contributed by atoms with Gasteiger partial charge in [0.25, 0.3) is 5.69 Å². The van der Waals surface area contributed by atoms with Crippen molar-refractivity contribution >= 4 is 34.6 Å². The molecule has 0 atom stereocenters. The summed E-state index contributed by atoms with van der Waals surface area (Å²) >= 11 is 5.76. The van der Waals surface area contributed by atoms with Crippen LogP contribution in [-0.2, 0) is 4.79 Å². The number of nitrogens with one attached hydrogen (secondary N) is 2. The van der Waals surface area contributed by atoms with Gasteiger partial charge in [0.15, 0.2) is 0 Å². The Morgan fingerprint density at radius 3 is 2.58 bits per heavy atom. The molecule has 1 amide bonds. The van der Waals surface area contributed by atoms with Gasteiger partial charge in [0.1, 0.15) is 5.82 Å². The number of amides is 1. The Morgan fingerprint density at radius 2 is 1.92 bits per heavy atom. The van der Waals surface area contributed by atoms with E-state index in [-0.39, 0.29) is 17.9 Å². The van der Waals surface area contributed by atoms with Crippen LogP contribution >= 0.6 is 11.6 Å². The number of benzene rings is 2. The van der Waals surface area contributed by atoms with Crippen molar-refractivity contribution in [1.29, 1.82) is 0 Å². The Morgan fingerprint density at radius 1 is 1.21 bits per heavy atom. The second kappa shape index (κ2) is 7.27. The highest BCUT2D eigenvalue weighted by molar-refractivity contribution is 6.30. The predicted octanol–water partition coefficient (Wildman–Crippen LogP) is 4.05. The van der Waals surface area contributed by atoms with Crippen LogP contribution in [0.4, 0.5) is 21.5 Å². The van der Waals surface area contributed by atoms with Gasteiger partial charge in [-0.1, -0.05) is 11.6 Å². The summed E-state index contributed by atoms with van der Waals surface area (Å²) < 4.78 is 13.6. The van der Waals surface area contributed by atoms with Crippen LogP contribution < -0.4 is 10.6 Å². The number of hydrogen-bond donors (Lipinski definition) is 2. The fraction of sp³-hybridized carbons (Fsp3) is 0.188.